The van der Waals surface area contributed by atoms with Crippen molar-refractivity contribution in [3.8, 4) is 0 Å². The monoisotopic (exact) mass is 277 g/mol. The molecule has 4 heteroatoms. The fourth-order valence-electron chi connectivity index (χ4n) is 2.92. The number of carbonyl (C=O) groups is 1. The number of benzene rings is 1. The normalized spacial score (nSPS) is 14.2. The van der Waals surface area contributed by atoms with E-state index >= 15 is 0 Å². The molecule has 4 nitrogen and oxygen atoms in total. The Morgan fingerprint density at radius 3 is 2.86 bits per heavy atom. The van der Waals surface area contributed by atoms with Gasteiger partial charge in [-0.25, -0.2) is 4.98 Å². The summed E-state index contributed by atoms with van der Waals surface area (Å²) in [6.45, 7) is 0.754. The van der Waals surface area contributed by atoms with E-state index in [0.29, 0.717) is 5.69 Å². The van der Waals surface area contributed by atoms with Crippen LogP contribution >= 0.6 is 0 Å². The third-order valence-electron chi connectivity index (χ3n) is 3.94. The number of para-hydroxylation sites is 1. The third-order valence-corrected chi connectivity index (χ3v) is 3.94. The minimum atomic E-state index is -0.0224. The minimum Gasteiger partial charge on any atom is -0.307 e. The lowest BCUT2D eigenvalue weighted by Crippen LogP contribution is -2.35. The highest BCUT2D eigenvalue weighted by Gasteiger charge is 2.24. The van der Waals surface area contributed by atoms with E-state index in [0.717, 1.165) is 30.7 Å². The Bertz CT molecular complexity index is 789. The van der Waals surface area contributed by atoms with Gasteiger partial charge in [0.2, 0.25) is 0 Å². The first kappa shape index (κ1) is 12.1. The van der Waals surface area contributed by atoms with Gasteiger partial charge in [0.05, 0.1) is 0 Å². The number of rotatable bonds is 1. The van der Waals surface area contributed by atoms with E-state index in [-0.39, 0.29) is 5.91 Å². The molecule has 4 rings (SSSR count). The van der Waals surface area contributed by atoms with Crippen molar-refractivity contribution in [2.45, 2.75) is 12.8 Å². The number of amides is 1. The largest absolute Gasteiger partial charge is 0.307 e. The Kier molecular flexibility index (Phi) is 2.74. The number of pyridine rings is 1. The highest BCUT2D eigenvalue weighted by atomic mass is 16.2. The molecule has 0 saturated carbocycles. The van der Waals surface area contributed by atoms with E-state index in [1.807, 2.05) is 51.9 Å². The maximum atomic E-state index is 12.8. The summed E-state index contributed by atoms with van der Waals surface area (Å²) < 4.78 is 1.88. The predicted molar refractivity (Wildman–Crippen MR) is 81.6 cm³/mol. The fraction of sp³-hybridized carbons (Fsp3) is 0.176. The topological polar surface area (TPSA) is 37.6 Å². The molecular weight excluding hydrogens is 262 g/mol. The molecule has 0 fully saturated rings. The van der Waals surface area contributed by atoms with Gasteiger partial charge in [-0.2, -0.15) is 0 Å². The number of aromatic nitrogens is 2. The van der Waals surface area contributed by atoms with Gasteiger partial charge in [-0.05, 0) is 36.6 Å². The lowest BCUT2D eigenvalue weighted by atomic mass is 10.0. The second-order valence-electron chi connectivity index (χ2n) is 5.28. The molecule has 104 valence electrons. The zero-order valence-corrected chi connectivity index (χ0v) is 11.6. The molecule has 1 aliphatic heterocycles. The SMILES string of the molecule is O=C(c1cn2ccccc2n1)N1CCCc2ccccc21. The second kappa shape index (κ2) is 4.74. The van der Waals surface area contributed by atoms with Crippen molar-refractivity contribution in [1.29, 1.82) is 0 Å². The van der Waals surface area contributed by atoms with Crippen LogP contribution in [0.2, 0.25) is 0 Å². The smallest absolute Gasteiger partial charge is 0.278 e. The summed E-state index contributed by atoms with van der Waals surface area (Å²) in [6.07, 6.45) is 5.74. The summed E-state index contributed by atoms with van der Waals surface area (Å²) in [4.78, 5) is 19.1. The van der Waals surface area contributed by atoms with Crippen molar-refractivity contribution < 1.29 is 4.79 Å². The van der Waals surface area contributed by atoms with E-state index < -0.39 is 0 Å². The Balaban J connectivity index is 1.75. The fourth-order valence-corrected chi connectivity index (χ4v) is 2.92. The number of fused-ring (bicyclic) bond motifs is 2. The van der Waals surface area contributed by atoms with Crippen LogP contribution in [-0.2, 0) is 6.42 Å². The highest BCUT2D eigenvalue weighted by molar-refractivity contribution is 6.05. The van der Waals surface area contributed by atoms with Crippen LogP contribution in [0.4, 0.5) is 5.69 Å². The van der Waals surface area contributed by atoms with Crippen LogP contribution in [0.15, 0.2) is 54.9 Å². The summed E-state index contributed by atoms with van der Waals surface area (Å²) >= 11 is 0. The summed E-state index contributed by atoms with van der Waals surface area (Å²) in [5.74, 6) is -0.0224. The van der Waals surface area contributed by atoms with Crippen molar-refractivity contribution in [2.75, 3.05) is 11.4 Å². The van der Waals surface area contributed by atoms with Gasteiger partial charge in [0.15, 0.2) is 0 Å². The van der Waals surface area contributed by atoms with Crippen LogP contribution in [0.25, 0.3) is 5.65 Å². The first-order valence-corrected chi connectivity index (χ1v) is 7.16. The van der Waals surface area contributed by atoms with Crippen LogP contribution in [0.5, 0.6) is 0 Å². The number of imidazole rings is 1. The predicted octanol–water partition coefficient (Wildman–Crippen LogP) is 2.93. The maximum absolute atomic E-state index is 12.8. The third kappa shape index (κ3) is 2.00. The Morgan fingerprint density at radius 1 is 1.10 bits per heavy atom. The average molecular weight is 277 g/mol. The van der Waals surface area contributed by atoms with E-state index in [1.54, 1.807) is 6.20 Å². The van der Waals surface area contributed by atoms with E-state index in [1.165, 1.54) is 5.56 Å². The molecule has 0 atom stereocenters. The molecule has 1 aromatic carbocycles. The first-order chi connectivity index (χ1) is 10.3. The van der Waals surface area contributed by atoms with Crippen molar-refractivity contribution in [2.24, 2.45) is 0 Å². The molecular formula is C17H15N3O. The van der Waals surface area contributed by atoms with Crippen molar-refractivity contribution >= 4 is 17.2 Å². The Morgan fingerprint density at radius 2 is 1.95 bits per heavy atom. The van der Waals surface area contributed by atoms with Gasteiger partial charge < -0.3 is 9.30 Å². The molecule has 0 aliphatic carbocycles. The summed E-state index contributed by atoms with van der Waals surface area (Å²) in [5, 5.41) is 0. The van der Waals surface area contributed by atoms with Crippen molar-refractivity contribution in [3.05, 3.63) is 66.1 Å². The zero-order valence-electron chi connectivity index (χ0n) is 11.6. The van der Waals surface area contributed by atoms with E-state index in [9.17, 15) is 4.79 Å². The number of aryl methyl sites for hydroxylation is 1. The van der Waals surface area contributed by atoms with E-state index in [2.05, 4.69) is 11.1 Å². The molecule has 3 heterocycles. The summed E-state index contributed by atoms with van der Waals surface area (Å²) in [5.41, 5.74) is 3.55. The molecule has 0 radical (unpaired) electrons. The lowest BCUT2D eigenvalue weighted by molar-refractivity contribution is 0.0981. The Labute approximate surface area is 122 Å². The molecule has 0 spiro atoms. The summed E-state index contributed by atoms with van der Waals surface area (Å²) in [6, 6.07) is 13.9. The van der Waals surface area contributed by atoms with Crippen molar-refractivity contribution in [1.82, 2.24) is 9.38 Å². The van der Waals surface area contributed by atoms with Gasteiger partial charge in [0.1, 0.15) is 11.3 Å². The molecule has 2 aromatic heterocycles. The Hall–Kier alpha value is -2.62. The van der Waals surface area contributed by atoms with Gasteiger partial charge >= 0.3 is 0 Å². The quantitative estimate of drug-likeness (QED) is 0.686. The number of hydrogen-bond acceptors (Lipinski definition) is 2. The van der Waals surface area contributed by atoms with E-state index in [4.69, 9.17) is 0 Å². The molecule has 1 amide bonds. The first-order valence-electron chi connectivity index (χ1n) is 7.16. The number of anilines is 1. The maximum Gasteiger partial charge on any atom is 0.278 e. The van der Waals surface area contributed by atoms with Gasteiger partial charge in [-0.15, -0.1) is 0 Å². The highest BCUT2D eigenvalue weighted by Crippen LogP contribution is 2.27. The molecule has 3 aromatic rings. The molecule has 1 aliphatic rings. The minimum absolute atomic E-state index is 0.0224. The van der Waals surface area contributed by atoms with Crippen LogP contribution < -0.4 is 4.90 Å². The van der Waals surface area contributed by atoms with Crippen LogP contribution in [-0.4, -0.2) is 21.8 Å². The molecule has 0 saturated heterocycles. The van der Waals surface area contributed by atoms with Crippen LogP contribution in [0, 0.1) is 0 Å². The van der Waals surface area contributed by atoms with Crippen LogP contribution in [0.3, 0.4) is 0 Å². The molecule has 0 bridgehead atoms. The van der Waals surface area contributed by atoms with Crippen LogP contribution in [0.1, 0.15) is 22.5 Å². The molecule has 0 N–H and O–H groups in total. The van der Waals surface area contributed by atoms with Gasteiger partial charge in [-0.3, -0.25) is 4.79 Å². The standard InChI is InChI=1S/C17H15N3O/c21-17(14-12-19-10-4-3-9-16(19)18-14)20-11-5-7-13-6-1-2-8-15(13)20/h1-4,6,8-10,12H,5,7,11H2. The van der Waals surface area contributed by atoms with Gasteiger partial charge in [0.25, 0.3) is 5.91 Å². The van der Waals surface area contributed by atoms with Gasteiger partial charge in [0, 0.05) is 24.6 Å². The molecule has 0 unspecified atom stereocenters. The lowest BCUT2D eigenvalue weighted by Gasteiger charge is -2.28. The average Bonchev–Trinajstić information content (AvgIpc) is 2.97. The molecule has 21 heavy (non-hydrogen) atoms. The number of hydrogen-bond donors (Lipinski definition) is 0. The zero-order chi connectivity index (χ0) is 14.2. The second-order valence-corrected chi connectivity index (χ2v) is 5.28. The van der Waals surface area contributed by atoms with Crippen molar-refractivity contribution in [3.63, 3.8) is 0 Å². The number of nitrogens with zero attached hydrogens (tertiary/aromatic N) is 3. The number of carbonyl (C=O) groups excluding carboxylic acids is 1. The summed E-state index contributed by atoms with van der Waals surface area (Å²) in [7, 11) is 0. The van der Waals surface area contributed by atoms with Gasteiger partial charge in [-0.1, -0.05) is 24.3 Å².